The van der Waals surface area contributed by atoms with Crippen molar-refractivity contribution in [3.63, 3.8) is 0 Å². The maximum Gasteiger partial charge on any atom is 0.322 e. The number of carbonyl (C=O) groups excluding carboxylic acids is 1. The number of rotatable bonds is 7. The summed E-state index contributed by atoms with van der Waals surface area (Å²) in [5, 5.41) is 7.41. The number of benzene rings is 3. The molecule has 1 aliphatic rings. The largest absolute Gasteiger partial charge is 0.497 e. The van der Waals surface area contributed by atoms with E-state index in [9.17, 15) is 4.79 Å². The number of ether oxygens (including phenoxy) is 1. The lowest BCUT2D eigenvalue weighted by Gasteiger charge is -2.35. The van der Waals surface area contributed by atoms with Gasteiger partial charge in [0.25, 0.3) is 5.89 Å². The molecule has 36 heavy (non-hydrogen) atoms. The van der Waals surface area contributed by atoms with Crippen LogP contribution >= 0.6 is 0 Å². The Bertz CT molecular complexity index is 1390. The number of amides is 2. The summed E-state index contributed by atoms with van der Waals surface area (Å²) in [5.74, 6) is 1.57. The fraction of sp³-hybridized carbons (Fsp3) is 0.207. The quantitative estimate of drug-likeness (QED) is 0.351. The molecule has 0 fully saturated rings. The van der Waals surface area contributed by atoms with Crippen molar-refractivity contribution in [2.45, 2.75) is 32.9 Å². The summed E-state index contributed by atoms with van der Waals surface area (Å²) in [5.41, 5.74) is 5.51. The van der Waals surface area contributed by atoms with Crippen molar-refractivity contribution in [1.29, 1.82) is 0 Å². The van der Waals surface area contributed by atoms with Crippen LogP contribution in [0.25, 0.3) is 17.0 Å². The van der Waals surface area contributed by atoms with Crippen LogP contribution in [0, 0.1) is 0 Å². The lowest BCUT2D eigenvalue weighted by molar-refractivity contribution is 0.203. The normalized spacial score (nSPS) is 15.7. The lowest BCUT2D eigenvalue weighted by atomic mass is 9.94. The number of aromatic nitrogens is 2. The minimum absolute atomic E-state index is 0.192. The molecule has 5 rings (SSSR count). The molecule has 0 radical (unpaired) electrons. The second-order valence-electron chi connectivity index (χ2n) is 8.70. The van der Waals surface area contributed by atoms with Crippen LogP contribution in [-0.2, 0) is 13.0 Å². The van der Waals surface area contributed by atoms with Gasteiger partial charge in [0, 0.05) is 11.3 Å². The van der Waals surface area contributed by atoms with Gasteiger partial charge in [-0.2, -0.15) is 4.98 Å². The van der Waals surface area contributed by atoms with E-state index in [1.807, 2.05) is 73.7 Å². The highest BCUT2D eigenvalue weighted by molar-refractivity contribution is 5.87. The molecule has 2 amide bonds. The first-order valence-electron chi connectivity index (χ1n) is 12.0. The van der Waals surface area contributed by atoms with Crippen LogP contribution in [0.4, 0.5) is 4.79 Å². The highest BCUT2D eigenvalue weighted by atomic mass is 16.5. The fourth-order valence-corrected chi connectivity index (χ4v) is 4.43. The zero-order valence-electron chi connectivity index (χ0n) is 20.6. The van der Waals surface area contributed by atoms with Crippen LogP contribution in [0.15, 0.2) is 89.1 Å². The smallest absolute Gasteiger partial charge is 0.322 e. The van der Waals surface area contributed by atoms with E-state index < -0.39 is 6.04 Å². The van der Waals surface area contributed by atoms with Crippen LogP contribution in [-0.4, -0.2) is 28.2 Å². The van der Waals surface area contributed by atoms with Crippen molar-refractivity contribution in [2.24, 2.45) is 0 Å². The Morgan fingerprint density at radius 2 is 1.78 bits per heavy atom. The molecule has 0 saturated heterocycles. The summed E-state index contributed by atoms with van der Waals surface area (Å²) in [6, 6.07) is 25.0. The molecule has 0 bridgehead atoms. The van der Waals surface area contributed by atoms with E-state index in [-0.39, 0.29) is 6.03 Å². The summed E-state index contributed by atoms with van der Waals surface area (Å²) in [6.07, 6.45) is 0.961. The second-order valence-corrected chi connectivity index (χ2v) is 8.70. The highest BCUT2D eigenvalue weighted by Gasteiger charge is 2.36. The molecular formula is C29H28N4O3. The van der Waals surface area contributed by atoms with Crippen LogP contribution in [0.1, 0.15) is 42.5 Å². The molecule has 0 spiro atoms. The number of allylic oxidation sites excluding steroid dienone is 1. The molecule has 0 aliphatic carbocycles. The topological polar surface area (TPSA) is 80.5 Å². The van der Waals surface area contributed by atoms with Crippen molar-refractivity contribution < 1.29 is 14.1 Å². The maximum atomic E-state index is 13.3. The van der Waals surface area contributed by atoms with Crippen LogP contribution in [0.3, 0.4) is 0 Å². The molecule has 7 nitrogen and oxygen atoms in total. The van der Waals surface area contributed by atoms with E-state index in [0.717, 1.165) is 34.4 Å². The average Bonchev–Trinajstić information content (AvgIpc) is 3.41. The summed E-state index contributed by atoms with van der Waals surface area (Å²) < 4.78 is 11.2. The number of urea groups is 1. The van der Waals surface area contributed by atoms with Crippen molar-refractivity contribution in [1.82, 2.24) is 20.4 Å². The third kappa shape index (κ3) is 4.60. The van der Waals surface area contributed by atoms with Gasteiger partial charge in [-0.1, -0.05) is 78.8 Å². The van der Waals surface area contributed by atoms with Crippen LogP contribution in [0.5, 0.6) is 5.75 Å². The molecule has 1 unspecified atom stereocenters. The van der Waals surface area contributed by atoms with Crippen LogP contribution < -0.4 is 10.1 Å². The van der Waals surface area contributed by atoms with Gasteiger partial charge >= 0.3 is 6.03 Å². The van der Waals surface area contributed by atoms with Crippen LogP contribution in [0.2, 0.25) is 0 Å². The molecule has 1 N–H and O–H groups in total. The van der Waals surface area contributed by atoms with Crippen molar-refractivity contribution in [3.8, 4) is 17.1 Å². The molecule has 0 saturated carbocycles. The second kappa shape index (κ2) is 10.1. The number of hydrogen-bond acceptors (Lipinski definition) is 5. The van der Waals surface area contributed by atoms with Gasteiger partial charge in [0.15, 0.2) is 0 Å². The first-order chi connectivity index (χ1) is 17.6. The standard InChI is InChI=1S/C29H28N4O3/c1-4-20-13-15-22(16-14-20)27-31-28(36-32-27)25-19(2)33(18-21-9-6-5-7-10-21)29(34)30-26(25)23-11-8-12-24(17-23)35-3/h5-17,26H,4,18H2,1-3H3,(H,30,34). The van der Waals surface area contributed by atoms with E-state index in [1.54, 1.807) is 12.0 Å². The van der Waals surface area contributed by atoms with Gasteiger partial charge in [-0.3, -0.25) is 4.90 Å². The molecule has 1 atom stereocenters. The molecule has 2 heterocycles. The Balaban J connectivity index is 1.59. The number of methoxy groups -OCH3 is 1. The van der Waals surface area contributed by atoms with E-state index in [2.05, 4.69) is 29.5 Å². The lowest BCUT2D eigenvalue weighted by Crippen LogP contribution is -2.45. The van der Waals surface area contributed by atoms with Gasteiger partial charge in [0.2, 0.25) is 5.82 Å². The number of hydrogen-bond donors (Lipinski definition) is 1. The van der Waals surface area contributed by atoms with E-state index in [0.29, 0.717) is 24.0 Å². The Labute approximate surface area is 210 Å². The predicted octanol–water partition coefficient (Wildman–Crippen LogP) is 6.01. The minimum atomic E-state index is -0.476. The molecule has 7 heteroatoms. The average molecular weight is 481 g/mol. The number of aryl methyl sites for hydroxylation is 1. The monoisotopic (exact) mass is 480 g/mol. The molecule has 182 valence electrons. The molecule has 1 aromatic heterocycles. The summed E-state index contributed by atoms with van der Waals surface area (Å²) in [6.45, 7) is 4.46. The van der Waals surface area contributed by atoms with Crippen molar-refractivity contribution >= 4 is 11.6 Å². The summed E-state index contributed by atoms with van der Waals surface area (Å²) in [4.78, 5) is 19.8. The van der Waals surface area contributed by atoms with Gasteiger partial charge in [-0.05, 0) is 42.2 Å². The third-order valence-electron chi connectivity index (χ3n) is 6.48. The third-order valence-corrected chi connectivity index (χ3v) is 6.48. The summed E-state index contributed by atoms with van der Waals surface area (Å²) in [7, 11) is 1.62. The number of nitrogens with zero attached hydrogens (tertiary/aromatic N) is 3. The molecule has 1 aliphatic heterocycles. The van der Waals surface area contributed by atoms with Gasteiger partial charge in [-0.15, -0.1) is 0 Å². The minimum Gasteiger partial charge on any atom is -0.497 e. The fourth-order valence-electron chi connectivity index (χ4n) is 4.43. The zero-order chi connectivity index (χ0) is 25.1. The van der Waals surface area contributed by atoms with Gasteiger partial charge < -0.3 is 14.6 Å². The molecule has 3 aromatic carbocycles. The van der Waals surface area contributed by atoms with Crippen molar-refractivity contribution in [3.05, 3.63) is 107 Å². The Morgan fingerprint density at radius 1 is 1.00 bits per heavy atom. The molecular weight excluding hydrogens is 452 g/mol. The number of carbonyl (C=O) groups is 1. The SMILES string of the molecule is CCc1ccc(-c2noc(C3=C(C)N(Cc4ccccc4)C(=O)NC3c3cccc(OC)c3)n2)cc1. The Kier molecular flexibility index (Phi) is 6.54. The predicted molar refractivity (Wildman–Crippen MR) is 138 cm³/mol. The van der Waals surface area contributed by atoms with Gasteiger partial charge in [0.05, 0.1) is 25.3 Å². The Hall–Kier alpha value is -4.39. The first-order valence-corrected chi connectivity index (χ1v) is 12.0. The zero-order valence-corrected chi connectivity index (χ0v) is 20.6. The maximum absolute atomic E-state index is 13.3. The first kappa shape index (κ1) is 23.4. The van der Waals surface area contributed by atoms with E-state index in [1.165, 1.54) is 5.56 Å². The highest BCUT2D eigenvalue weighted by Crippen LogP contribution is 2.38. The van der Waals surface area contributed by atoms with Gasteiger partial charge in [0.1, 0.15) is 5.75 Å². The van der Waals surface area contributed by atoms with E-state index in [4.69, 9.17) is 14.2 Å². The van der Waals surface area contributed by atoms with Gasteiger partial charge in [-0.25, -0.2) is 4.79 Å². The Morgan fingerprint density at radius 3 is 2.50 bits per heavy atom. The van der Waals surface area contributed by atoms with Crippen molar-refractivity contribution in [2.75, 3.05) is 7.11 Å². The number of nitrogens with one attached hydrogen (secondary N) is 1. The molecule has 4 aromatic rings. The summed E-state index contributed by atoms with van der Waals surface area (Å²) >= 11 is 0. The van der Waals surface area contributed by atoms with E-state index >= 15 is 0 Å².